The van der Waals surface area contributed by atoms with E-state index in [0.717, 1.165) is 5.56 Å². The Balaban J connectivity index is 2.96. The van der Waals surface area contributed by atoms with E-state index < -0.39 is 8.07 Å². The van der Waals surface area contributed by atoms with Crippen molar-refractivity contribution in [3.8, 4) is 0 Å². The average Bonchev–Trinajstić information content (AvgIpc) is 2.25. The maximum atomic E-state index is 12.0. The standard InChI is InChI=1S/C13H18OSSi/c1-15-13(16(2,3)4)10-12(14)11-8-6-5-7-9-11/h5-10H,1-4H3/b13-10-. The van der Waals surface area contributed by atoms with Crippen LogP contribution in [0.25, 0.3) is 0 Å². The van der Waals surface area contributed by atoms with Gasteiger partial charge in [0, 0.05) is 5.56 Å². The number of carbonyl (C=O) groups excluding carboxylic acids is 1. The Morgan fingerprint density at radius 1 is 1.19 bits per heavy atom. The molecule has 0 aromatic heterocycles. The number of allylic oxidation sites excluding steroid dienone is 1. The molecule has 0 N–H and O–H groups in total. The predicted octanol–water partition coefficient (Wildman–Crippen LogP) is 3.99. The third-order valence-electron chi connectivity index (χ3n) is 2.28. The summed E-state index contributed by atoms with van der Waals surface area (Å²) >= 11 is 1.70. The molecule has 0 spiro atoms. The summed E-state index contributed by atoms with van der Waals surface area (Å²) in [4.78, 5) is 12.0. The van der Waals surface area contributed by atoms with E-state index in [4.69, 9.17) is 0 Å². The number of thioether (sulfide) groups is 1. The first-order valence-electron chi connectivity index (χ1n) is 5.30. The zero-order valence-corrected chi connectivity index (χ0v) is 12.1. The van der Waals surface area contributed by atoms with Crippen molar-refractivity contribution in [3.05, 3.63) is 46.5 Å². The predicted molar refractivity (Wildman–Crippen MR) is 75.7 cm³/mol. The number of hydrogen-bond donors (Lipinski definition) is 0. The van der Waals surface area contributed by atoms with Crippen LogP contribution >= 0.6 is 11.8 Å². The molecule has 3 heteroatoms. The van der Waals surface area contributed by atoms with Crippen LogP contribution in [-0.4, -0.2) is 20.1 Å². The van der Waals surface area contributed by atoms with Crippen LogP contribution in [0.15, 0.2) is 40.9 Å². The SMILES string of the molecule is CS/C(=C/C(=O)c1ccccc1)[Si](C)(C)C. The molecular weight excluding hydrogens is 232 g/mol. The second-order valence-electron chi connectivity index (χ2n) is 4.69. The molecule has 86 valence electrons. The molecule has 0 heterocycles. The Morgan fingerprint density at radius 2 is 1.75 bits per heavy atom. The molecule has 0 saturated carbocycles. The van der Waals surface area contributed by atoms with Gasteiger partial charge in [0.25, 0.3) is 0 Å². The summed E-state index contributed by atoms with van der Waals surface area (Å²) in [6, 6.07) is 9.44. The Labute approximate surface area is 103 Å². The molecular formula is C13H18OSSi. The van der Waals surface area contributed by atoms with E-state index in [9.17, 15) is 4.79 Å². The zero-order valence-electron chi connectivity index (χ0n) is 10.3. The third kappa shape index (κ3) is 3.65. The van der Waals surface area contributed by atoms with E-state index in [2.05, 4.69) is 19.6 Å². The molecule has 0 bridgehead atoms. The van der Waals surface area contributed by atoms with Gasteiger partial charge >= 0.3 is 0 Å². The first kappa shape index (κ1) is 13.3. The van der Waals surface area contributed by atoms with Crippen molar-refractivity contribution in [1.82, 2.24) is 0 Å². The molecule has 1 aromatic carbocycles. The van der Waals surface area contributed by atoms with Crippen LogP contribution in [0.4, 0.5) is 0 Å². The minimum absolute atomic E-state index is 0.118. The summed E-state index contributed by atoms with van der Waals surface area (Å²) in [5.41, 5.74) is 0.771. The van der Waals surface area contributed by atoms with Gasteiger partial charge in [-0.1, -0.05) is 50.0 Å². The van der Waals surface area contributed by atoms with Crippen LogP contribution in [0.3, 0.4) is 0 Å². The quantitative estimate of drug-likeness (QED) is 0.456. The van der Waals surface area contributed by atoms with E-state index in [0.29, 0.717) is 0 Å². The third-order valence-corrected chi connectivity index (χ3v) is 6.91. The van der Waals surface area contributed by atoms with Gasteiger partial charge in [-0.2, -0.15) is 0 Å². The van der Waals surface area contributed by atoms with Crippen molar-refractivity contribution in [3.63, 3.8) is 0 Å². The largest absolute Gasteiger partial charge is 0.289 e. The number of rotatable bonds is 4. The van der Waals surface area contributed by atoms with Crippen LogP contribution in [0.1, 0.15) is 10.4 Å². The molecule has 0 atom stereocenters. The lowest BCUT2D eigenvalue weighted by Gasteiger charge is -2.18. The van der Waals surface area contributed by atoms with Crippen molar-refractivity contribution >= 4 is 25.6 Å². The molecule has 0 aliphatic carbocycles. The summed E-state index contributed by atoms with van der Waals surface area (Å²) in [5, 5.41) is 0. The molecule has 0 saturated heterocycles. The Bertz CT molecular complexity index is 390. The molecule has 1 nitrogen and oxygen atoms in total. The number of hydrogen-bond acceptors (Lipinski definition) is 2. The van der Waals surface area contributed by atoms with Gasteiger partial charge < -0.3 is 0 Å². The Kier molecular flexibility index (Phi) is 4.56. The Morgan fingerprint density at radius 3 is 2.19 bits per heavy atom. The van der Waals surface area contributed by atoms with Crippen molar-refractivity contribution in [2.24, 2.45) is 0 Å². The van der Waals surface area contributed by atoms with E-state index in [1.54, 1.807) is 11.8 Å². The second kappa shape index (κ2) is 5.50. The van der Waals surface area contributed by atoms with Gasteiger partial charge in [-0.3, -0.25) is 4.79 Å². The number of ketones is 1. The highest BCUT2D eigenvalue weighted by Gasteiger charge is 2.20. The lowest BCUT2D eigenvalue weighted by molar-refractivity contribution is 0.104. The summed E-state index contributed by atoms with van der Waals surface area (Å²) in [5.74, 6) is 0.118. The van der Waals surface area contributed by atoms with Gasteiger partial charge in [0.1, 0.15) is 0 Å². The van der Waals surface area contributed by atoms with Crippen molar-refractivity contribution in [2.45, 2.75) is 19.6 Å². The molecule has 0 radical (unpaired) electrons. The molecule has 1 rings (SSSR count). The zero-order chi connectivity index (χ0) is 12.2. The highest BCUT2D eigenvalue weighted by atomic mass is 32.2. The summed E-state index contributed by atoms with van der Waals surface area (Å²) in [6.45, 7) is 6.77. The van der Waals surface area contributed by atoms with E-state index in [-0.39, 0.29) is 5.78 Å². The normalized spacial score (nSPS) is 12.6. The molecule has 0 amide bonds. The van der Waals surface area contributed by atoms with Crippen LogP contribution in [0.2, 0.25) is 19.6 Å². The fourth-order valence-electron chi connectivity index (χ4n) is 1.39. The molecule has 0 aliphatic heterocycles. The summed E-state index contributed by atoms with van der Waals surface area (Å²) in [7, 11) is -1.38. The molecule has 16 heavy (non-hydrogen) atoms. The van der Waals surface area contributed by atoms with E-state index in [1.165, 1.54) is 4.53 Å². The summed E-state index contributed by atoms with van der Waals surface area (Å²) in [6.07, 6.45) is 3.86. The monoisotopic (exact) mass is 250 g/mol. The van der Waals surface area contributed by atoms with Crippen molar-refractivity contribution in [1.29, 1.82) is 0 Å². The molecule has 0 unspecified atom stereocenters. The number of carbonyl (C=O) groups is 1. The fourth-order valence-corrected chi connectivity index (χ4v) is 4.62. The van der Waals surface area contributed by atoms with Crippen LogP contribution < -0.4 is 0 Å². The lowest BCUT2D eigenvalue weighted by Crippen LogP contribution is -2.22. The maximum absolute atomic E-state index is 12.0. The maximum Gasteiger partial charge on any atom is 0.186 e. The van der Waals surface area contributed by atoms with Gasteiger partial charge in [-0.15, -0.1) is 11.8 Å². The van der Waals surface area contributed by atoms with Gasteiger partial charge in [-0.25, -0.2) is 0 Å². The highest BCUT2D eigenvalue weighted by Crippen LogP contribution is 2.24. The van der Waals surface area contributed by atoms with E-state index >= 15 is 0 Å². The summed E-state index contributed by atoms with van der Waals surface area (Å²) < 4.78 is 1.25. The smallest absolute Gasteiger partial charge is 0.186 e. The van der Waals surface area contributed by atoms with Gasteiger partial charge in [-0.05, 0) is 16.9 Å². The van der Waals surface area contributed by atoms with Crippen LogP contribution in [0.5, 0.6) is 0 Å². The van der Waals surface area contributed by atoms with Crippen LogP contribution in [0, 0.1) is 0 Å². The van der Waals surface area contributed by atoms with Crippen LogP contribution in [-0.2, 0) is 0 Å². The van der Waals surface area contributed by atoms with Crippen molar-refractivity contribution in [2.75, 3.05) is 6.26 Å². The first-order chi connectivity index (χ1) is 7.45. The van der Waals surface area contributed by atoms with E-state index in [1.807, 2.05) is 42.7 Å². The molecule has 0 fully saturated rings. The minimum atomic E-state index is -1.38. The van der Waals surface area contributed by atoms with Crippen molar-refractivity contribution < 1.29 is 4.79 Å². The lowest BCUT2D eigenvalue weighted by atomic mass is 10.1. The highest BCUT2D eigenvalue weighted by molar-refractivity contribution is 8.04. The number of benzene rings is 1. The van der Waals surface area contributed by atoms with Gasteiger partial charge in [0.05, 0.1) is 8.07 Å². The van der Waals surface area contributed by atoms with Gasteiger partial charge in [0.15, 0.2) is 5.78 Å². The molecule has 1 aromatic rings. The topological polar surface area (TPSA) is 17.1 Å². The second-order valence-corrected chi connectivity index (χ2v) is 10.9. The fraction of sp³-hybridized carbons (Fsp3) is 0.308. The average molecular weight is 250 g/mol. The first-order valence-corrected chi connectivity index (χ1v) is 10.0. The molecule has 0 aliphatic rings. The minimum Gasteiger partial charge on any atom is -0.289 e. The Hall–Kier alpha value is -0.803. The van der Waals surface area contributed by atoms with Gasteiger partial charge in [0.2, 0.25) is 0 Å².